The minimum Gasteiger partial charge on any atom is -0.389 e. The third-order valence-corrected chi connectivity index (χ3v) is 3.82. The lowest BCUT2D eigenvalue weighted by Crippen LogP contribution is -2.29. The lowest BCUT2D eigenvalue weighted by Gasteiger charge is -2.23. The molecule has 108 valence electrons. The van der Waals surface area contributed by atoms with Crippen LogP contribution < -0.4 is 0 Å². The minimum atomic E-state index is -0.514. The van der Waals surface area contributed by atoms with E-state index in [0.717, 1.165) is 37.4 Å². The number of aliphatic hydroxyl groups is 1. The molecule has 1 fully saturated rings. The highest BCUT2D eigenvalue weighted by atomic mass is 16.5. The van der Waals surface area contributed by atoms with Crippen molar-refractivity contribution in [3.63, 3.8) is 0 Å². The van der Waals surface area contributed by atoms with Gasteiger partial charge in [-0.2, -0.15) is 5.10 Å². The maximum atomic E-state index is 10.0. The van der Waals surface area contributed by atoms with E-state index >= 15 is 0 Å². The van der Waals surface area contributed by atoms with Crippen LogP contribution in [-0.2, 0) is 16.0 Å². The summed E-state index contributed by atoms with van der Waals surface area (Å²) in [4.78, 5) is 0. The fourth-order valence-corrected chi connectivity index (χ4v) is 2.31. The van der Waals surface area contributed by atoms with E-state index in [1.807, 2.05) is 18.5 Å². The topological polar surface area (TPSA) is 56.5 Å². The van der Waals surface area contributed by atoms with E-state index in [-0.39, 0.29) is 6.10 Å². The number of ether oxygens (including phenoxy) is 2. The van der Waals surface area contributed by atoms with Gasteiger partial charge in [-0.1, -0.05) is 0 Å². The number of hydrogen-bond donors (Lipinski definition) is 1. The summed E-state index contributed by atoms with van der Waals surface area (Å²) in [7, 11) is 0. The standard InChI is InChI=1S/C14H24N2O3/c1-10-11(2)15-16(12(10)3)8-13(17)9-19-14-4-6-18-7-5-14/h13-14,17H,4-9H2,1-3H3. The summed E-state index contributed by atoms with van der Waals surface area (Å²) in [6, 6.07) is 0. The number of rotatable bonds is 5. The van der Waals surface area contributed by atoms with E-state index in [0.29, 0.717) is 13.2 Å². The van der Waals surface area contributed by atoms with Crippen molar-refractivity contribution in [2.75, 3.05) is 19.8 Å². The predicted molar refractivity (Wildman–Crippen MR) is 72.2 cm³/mol. The third kappa shape index (κ3) is 3.78. The predicted octanol–water partition coefficient (Wildman–Crippen LogP) is 1.36. The first-order valence-electron chi connectivity index (χ1n) is 6.96. The maximum absolute atomic E-state index is 10.0. The number of aliphatic hydroxyl groups excluding tert-OH is 1. The Labute approximate surface area is 114 Å². The molecule has 1 aliphatic rings. The van der Waals surface area contributed by atoms with Crippen molar-refractivity contribution in [3.8, 4) is 0 Å². The Hall–Kier alpha value is -0.910. The van der Waals surface area contributed by atoms with E-state index in [9.17, 15) is 5.11 Å². The Balaban J connectivity index is 1.80. The molecular weight excluding hydrogens is 244 g/mol. The van der Waals surface area contributed by atoms with Gasteiger partial charge in [0.15, 0.2) is 0 Å². The van der Waals surface area contributed by atoms with Crippen LogP contribution in [0, 0.1) is 20.8 Å². The average molecular weight is 268 g/mol. The van der Waals surface area contributed by atoms with Gasteiger partial charge in [-0.05, 0) is 39.2 Å². The van der Waals surface area contributed by atoms with Crippen LogP contribution in [0.15, 0.2) is 0 Å². The highest BCUT2D eigenvalue weighted by Gasteiger charge is 2.17. The van der Waals surface area contributed by atoms with Gasteiger partial charge in [0.25, 0.3) is 0 Å². The molecule has 1 atom stereocenters. The molecule has 0 aromatic carbocycles. The molecule has 2 rings (SSSR count). The van der Waals surface area contributed by atoms with Crippen LogP contribution in [0.4, 0.5) is 0 Å². The number of nitrogens with zero attached hydrogens (tertiary/aromatic N) is 2. The first-order chi connectivity index (χ1) is 9.08. The normalized spacial score (nSPS) is 18.7. The Kier molecular flexibility index (Phi) is 4.96. The van der Waals surface area contributed by atoms with Crippen LogP contribution in [0.5, 0.6) is 0 Å². The zero-order valence-corrected chi connectivity index (χ0v) is 12.1. The van der Waals surface area contributed by atoms with Crippen LogP contribution in [0.25, 0.3) is 0 Å². The SMILES string of the molecule is Cc1nn(CC(O)COC2CCOCC2)c(C)c1C. The van der Waals surface area contributed by atoms with Crippen molar-refractivity contribution in [2.24, 2.45) is 0 Å². The van der Waals surface area contributed by atoms with Crippen LogP contribution in [-0.4, -0.2) is 46.9 Å². The molecule has 5 nitrogen and oxygen atoms in total. The molecule has 1 unspecified atom stereocenters. The van der Waals surface area contributed by atoms with Gasteiger partial charge < -0.3 is 14.6 Å². The molecule has 1 aromatic heterocycles. The van der Waals surface area contributed by atoms with E-state index in [1.54, 1.807) is 0 Å². The second kappa shape index (κ2) is 6.50. The van der Waals surface area contributed by atoms with Crippen molar-refractivity contribution in [3.05, 3.63) is 17.0 Å². The fourth-order valence-electron chi connectivity index (χ4n) is 2.31. The molecule has 1 aromatic rings. The van der Waals surface area contributed by atoms with Crippen molar-refractivity contribution >= 4 is 0 Å². The van der Waals surface area contributed by atoms with E-state index in [4.69, 9.17) is 9.47 Å². The van der Waals surface area contributed by atoms with Crippen molar-refractivity contribution in [1.82, 2.24) is 9.78 Å². The van der Waals surface area contributed by atoms with E-state index in [2.05, 4.69) is 12.0 Å². The summed E-state index contributed by atoms with van der Waals surface area (Å²) in [5.41, 5.74) is 3.33. The Bertz CT molecular complexity index is 411. The second-order valence-corrected chi connectivity index (χ2v) is 5.28. The molecule has 0 bridgehead atoms. The summed E-state index contributed by atoms with van der Waals surface area (Å²) >= 11 is 0. The molecule has 0 radical (unpaired) electrons. The first-order valence-corrected chi connectivity index (χ1v) is 6.96. The largest absolute Gasteiger partial charge is 0.389 e. The molecule has 1 saturated heterocycles. The van der Waals surface area contributed by atoms with Gasteiger partial charge in [0.1, 0.15) is 0 Å². The Morgan fingerprint density at radius 3 is 2.63 bits per heavy atom. The van der Waals surface area contributed by atoms with Gasteiger partial charge in [-0.3, -0.25) is 4.68 Å². The number of aryl methyl sites for hydroxylation is 1. The molecule has 5 heteroatoms. The zero-order chi connectivity index (χ0) is 13.8. The van der Waals surface area contributed by atoms with Crippen molar-refractivity contribution in [2.45, 2.75) is 52.4 Å². The Morgan fingerprint density at radius 2 is 2.05 bits per heavy atom. The smallest absolute Gasteiger partial charge is 0.0969 e. The zero-order valence-electron chi connectivity index (χ0n) is 12.1. The van der Waals surface area contributed by atoms with E-state index in [1.165, 1.54) is 5.56 Å². The molecule has 0 spiro atoms. The second-order valence-electron chi connectivity index (χ2n) is 5.28. The molecule has 0 saturated carbocycles. The van der Waals surface area contributed by atoms with Crippen molar-refractivity contribution < 1.29 is 14.6 Å². The summed E-state index contributed by atoms with van der Waals surface area (Å²) in [6.45, 7) is 8.45. The third-order valence-electron chi connectivity index (χ3n) is 3.82. The van der Waals surface area contributed by atoms with Gasteiger partial charge in [-0.15, -0.1) is 0 Å². The minimum absolute atomic E-state index is 0.227. The summed E-state index contributed by atoms with van der Waals surface area (Å²) in [6.07, 6.45) is 1.56. The highest BCUT2D eigenvalue weighted by Crippen LogP contribution is 2.13. The summed E-state index contributed by atoms with van der Waals surface area (Å²) in [5, 5.41) is 14.5. The van der Waals surface area contributed by atoms with Crippen LogP contribution in [0.1, 0.15) is 29.8 Å². The van der Waals surface area contributed by atoms with Gasteiger partial charge >= 0.3 is 0 Å². The first kappa shape index (κ1) is 14.5. The summed E-state index contributed by atoms with van der Waals surface area (Å²) < 4.78 is 12.9. The lowest BCUT2D eigenvalue weighted by atomic mass is 10.1. The van der Waals surface area contributed by atoms with Gasteiger partial charge in [0, 0.05) is 18.9 Å². The van der Waals surface area contributed by atoms with Crippen LogP contribution >= 0.6 is 0 Å². The van der Waals surface area contributed by atoms with Crippen LogP contribution in [0.3, 0.4) is 0 Å². The van der Waals surface area contributed by atoms with Gasteiger partial charge in [-0.25, -0.2) is 0 Å². The van der Waals surface area contributed by atoms with Crippen molar-refractivity contribution in [1.29, 1.82) is 0 Å². The average Bonchev–Trinajstić information content (AvgIpc) is 2.65. The molecule has 2 heterocycles. The van der Waals surface area contributed by atoms with Crippen LogP contribution in [0.2, 0.25) is 0 Å². The fraction of sp³-hybridized carbons (Fsp3) is 0.786. The molecule has 0 amide bonds. The molecule has 1 aliphatic heterocycles. The molecular formula is C14H24N2O3. The molecule has 1 N–H and O–H groups in total. The van der Waals surface area contributed by atoms with Gasteiger partial charge in [0.2, 0.25) is 0 Å². The lowest BCUT2D eigenvalue weighted by molar-refractivity contribution is -0.0623. The Morgan fingerprint density at radius 1 is 1.37 bits per heavy atom. The van der Waals surface area contributed by atoms with E-state index < -0.39 is 6.10 Å². The number of aromatic nitrogens is 2. The molecule has 0 aliphatic carbocycles. The highest BCUT2D eigenvalue weighted by molar-refractivity contribution is 5.22. The molecule has 19 heavy (non-hydrogen) atoms. The van der Waals surface area contributed by atoms with Gasteiger partial charge in [0.05, 0.1) is 31.1 Å². The number of hydrogen-bond acceptors (Lipinski definition) is 4. The quantitative estimate of drug-likeness (QED) is 0.876. The maximum Gasteiger partial charge on any atom is 0.0969 e. The summed E-state index contributed by atoms with van der Waals surface area (Å²) in [5.74, 6) is 0. The monoisotopic (exact) mass is 268 g/mol.